The van der Waals surface area contributed by atoms with Gasteiger partial charge in [-0.1, -0.05) is 29.8 Å². The van der Waals surface area contributed by atoms with E-state index in [0.717, 1.165) is 11.1 Å². The predicted molar refractivity (Wildman–Crippen MR) is 124 cm³/mol. The van der Waals surface area contributed by atoms with Crippen LogP contribution in [0.3, 0.4) is 0 Å². The molecular formula is C23H23ClN2O4S. The summed E-state index contributed by atoms with van der Waals surface area (Å²) < 4.78 is 34.0. The van der Waals surface area contributed by atoms with Gasteiger partial charge in [-0.3, -0.25) is 9.52 Å². The zero-order valence-corrected chi connectivity index (χ0v) is 19.2. The Bertz CT molecular complexity index is 1260. The van der Waals surface area contributed by atoms with Gasteiger partial charge in [0.25, 0.3) is 15.9 Å². The van der Waals surface area contributed by atoms with E-state index in [2.05, 4.69) is 10.0 Å². The van der Waals surface area contributed by atoms with Gasteiger partial charge in [0.05, 0.1) is 23.4 Å². The zero-order chi connectivity index (χ0) is 22.8. The normalized spacial score (nSPS) is 11.1. The average Bonchev–Trinajstić information content (AvgIpc) is 2.71. The highest BCUT2D eigenvalue weighted by molar-refractivity contribution is 7.92. The number of carbonyl (C=O) groups is 1. The number of amides is 1. The summed E-state index contributed by atoms with van der Waals surface area (Å²) in [5.74, 6) is -0.0435. The number of carbonyl (C=O) groups excluding carboxylic acids is 1. The second-order valence-corrected chi connectivity index (χ2v) is 9.29. The van der Waals surface area contributed by atoms with Crippen LogP contribution in [0.15, 0.2) is 59.5 Å². The SMILES string of the molecule is COc1ccc(Cl)cc1NC(=O)c1ccc(C)c(S(=O)(=O)Nc2cc(C)ccc2C)c1. The van der Waals surface area contributed by atoms with Gasteiger partial charge in [0.1, 0.15) is 5.75 Å². The van der Waals surface area contributed by atoms with Crippen LogP contribution in [0.5, 0.6) is 5.75 Å². The van der Waals surface area contributed by atoms with Gasteiger partial charge in [0, 0.05) is 10.6 Å². The summed E-state index contributed by atoms with van der Waals surface area (Å²) in [5, 5.41) is 3.15. The van der Waals surface area contributed by atoms with Crippen LogP contribution in [-0.2, 0) is 10.0 Å². The van der Waals surface area contributed by atoms with E-state index in [1.807, 2.05) is 26.0 Å². The monoisotopic (exact) mass is 458 g/mol. The van der Waals surface area contributed by atoms with E-state index in [9.17, 15) is 13.2 Å². The van der Waals surface area contributed by atoms with Gasteiger partial charge in [-0.25, -0.2) is 8.42 Å². The number of aryl methyl sites for hydroxylation is 3. The fraction of sp³-hybridized carbons (Fsp3) is 0.174. The largest absolute Gasteiger partial charge is 0.495 e. The molecule has 0 spiro atoms. The molecule has 0 aliphatic heterocycles. The van der Waals surface area contributed by atoms with Crippen molar-refractivity contribution in [2.24, 2.45) is 0 Å². The van der Waals surface area contributed by atoms with E-state index in [0.29, 0.717) is 27.7 Å². The van der Waals surface area contributed by atoms with Gasteiger partial charge in [-0.15, -0.1) is 0 Å². The lowest BCUT2D eigenvalue weighted by atomic mass is 10.1. The molecule has 1 amide bonds. The molecule has 31 heavy (non-hydrogen) atoms. The summed E-state index contributed by atoms with van der Waals surface area (Å²) in [6.45, 7) is 5.39. The Balaban J connectivity index is 1.93. The summed E-state index contributed by atoms with van der Waals surface area (Å²) in [4.78, 5) is 12.8. The summed E-state index contributed by atoms with van der Waals surface area (Å²) in [6, 6.07) is 14.9. The Labute approximate surface area is 187 Å². The Hall–Kier alpha value is -3.03. The molecule has 6 nitrogen and oxygen atoms in total. The molecule has 0 bridgehead atoms. The van der Waals surface area contributed by atoms with Crippen LogP contribution in [0, 0.1) is 20.8 Å². The van der Waals surface area contributed by atoms with Gasteiger partial charge in [-0.2, -0.15) is 0 Å². The predicted octanol–water partition coefficient (Wildman–Crippen LogP) is 5.33. The van der Waals surface area contributed by atoms with Crippen molar-refractivity contribution in [1.29, 1.82) is 0 Å². The Kier molecular flexibility index (Phi) is 6.57. The first-order valence-corrected chi connectivity index (χ1v) is 11.3. The third kappa shape index (κ3) is 5.18. The smallest absolute Gasteiger partial charge is 0.262 e. The molecular weight excluding hydrogens is 436 g/mol. The quantitative estimate of drug-likeness (QED) is 0.523. The van der Waals surface area contributed by atoms with Crippen molar-refractivity contribution >= 4 is 38.9 Å². The minimum absolute atomic E-state index is 0.0270. The number of sulfonamides is 1. The minimum atomic E-state index is -3.91. The molecule has 0 heterocycles. The lowest BCUT2D eigenvalue weighted by Gasteiger charge is -2.15. The second-order valence-electron chi connectivity index (χ2n) is 7.20. The number of nitrogens with one attached hydrogen (secondary N) is 2. The average molecular weight is 459 g/mol. The third-order valence-corrected chi connectivity index (χ3v) is 6.53. The molecule has 0 atom stereocenters. The van der Waals surface area contributed by atoms with Gasteiger partial charge >= 0.3 is 0 Å². The van der Waals surface area contributed by atoms with Crippen LogP contribution in [0.25, 0.3) is 0 Å². The number of halogens is 1. The fourth-order valence-electron chi connectivity index (χ4n) is 3.05. The maximum Gasteiger partial charge on any atom is 0.262 e. The molecule has 162 valence electrons. The number of rotatable bonds is 6. The van der Waals surface area contributed by atoms with Crippen LogP contribution in [-0.4, -0.2) is 21.4 Å². The molecule has 3 aromatic rings. The molecule has 0 radical (unpaired) electrons. The maximum absolute atomic E-state index is 13.1. The van der Waals surface area contributed by atoms with Crippen molar-refractivity contribution in [2.75, 3.05) is 17.1 Å². The van der Waals surface area contributed by atoms with Crippen molar-refractivity contribution in [3.8, 4) is 5.75 Å². The Morgan fingerprint density at radius 1 is 0.903 bits per heavy atom. The van der Waals surface area contributed by atoms with Crippen molar-refractivity contribution in [2.45, 2.75) is 25.7 Å². The molecule has 8 heteroatoms. The van der Waals surface area contributed by atoms with Crippen molar-refractivity contribution in [1.82, 2.24) is 0 Å². The van der Waals surface area contributed by atoms with Crippen LogP contribution in [0.1, 0.15) is 27.0 Å². The summed E-state index contributed by atoms with van der Waals surface area (Å²) in [7, 11) is -2.43. The standard InChI is InChI=1S/C23H23ClN2O4S/c1-14-5-6-15(2)19(11-14)26-31(28,29)22-12-17(8-7-16(22)3)23(27)25-20-13-18(24)9-10-21(20)30-4/h5-13,26H,1-4H3,(H,25,27). The van der Waals surface area contributed by atoms with E-state index >= 15 is 0 Å². The van der Waals surface area contributed by atoms with Gasteiger partial charge in [0.2, 0.25) is 0 Å². The lowest BCUT2D eigenvalue weighted by molar-refractivity contribution is 0.102. The van der Waals surface area contributed by atoms with E-state index in [-0.39, 0.29) is 10.5 Å². The summed E-state index contributed by atoms with van der Waals surface area (Å²) in [6.07, 6.45) is 0. The van der Waals surface area contributed by atoms with Crippen LogP contribution in [0.4, 0.5) is 11.4 Å². The number of hydrogen-bond donors (Lipinski definition) is 2. The molecule has 2 N–H and O–H groups in total. The van der Waals surface area contributed by atoms with Crippen LogP contribution >= 0.6 is 11.6 Å². The molecule has 0 unspecified atom stereocenters. The second kappa shape index (κ2) is 8.99. The van der Waals surface area contributed by atoms with Crippen molar-refractivity contribution in [3.05, 3.63) is 81.9 Å². The number of methoxy groups -OCH3 is 1. The third-order valence-electron chi connectivity index (χ3n) is 4.79. The Morgan fingerprint density at radius 3 is 2.32 bits per heavy atom. The summed E-state index contributed by atoms with van der Waals surface area (Å²) in [5.41, 5.74) is 3.33. The van der Waals surface area contributed by atoms with Gasteiger partial charge in [-0.05, 0) is 73.9 Å². The van der Waals surface area contributed by atoms with E-state index in [1.165, 1.54) is 13.2 Å². The fourth-order valence-corrected chi connectivity index (χ4v) is 4.61. The highest BCUT2D eigenvalue weighted by Crippen LogP contribution is 2.29. The molecule has 0 aliphatic rings. The topological polar surface area (TPSA) is 84.5 Å². The highest BCUT2D eigenvalue weighted by atomic mass is 35.5. The number of ether oxygens (including phenoxy) is 1. The van der Waals surface area contributed by atoms with Crippen LogP contribution < -0.4 is 14.8 Å². The molecule has 0 aliphatic carbocycles. The van der Waals surface area contributed by atoms with E-state index < -0.39 is 15.9 Å². The Morgan fingerprint density at radius 2 is 1.61 bits per heavy atom. The van der Waals surface area contributed by atoms with Crippen LogP contribution in [0.2, 0.25) is 5.02 Å². The van der Waals surface area contributed by atoms with Crippen molar-refractivity contribution < 1.29 is 17.9 Å². The van der Waals surface area contributed by atoms with Gasteiger partial charge in [0.15, 0.2) is 0 Å². The maximum atomic E-state index is 13.1. The minimum Gasteiger partial charge on any atom is -0.495 e. The molecule has 3 aromatic carbocycles. The first-order valence-electron chi connectivity index (χ1n) is 9.46. The zero-order valence-electron chi connectivity index (χ0n) is 17.6. The summed E-state index contributed by atoms with van der Waals surface area (Å²) >= 11 is 6.02. The molecule has 0 fully saturated rings. The lowest BCUT2D eigenvalue weighted by Crippen LogP contribution is -2.18. The number of anilines is 2. The highest BCUT2D eigenvalue weighted by Gasteiger charge is 2.21. The number of benzene rings is 3. The first-order chi connectivity index (χ1) is 14.6. The number of hydrogen-bond acceptors (Lipinski definition) is 4. The first kappa shape index (κ1) is 22.7. The van der Waals surface area contributed by atoms with Crippen molar-refractivity contribution in [3.63, 3.8) is 0 Å². The van der Waals surface area contributed by atoms with Gasteiger partial charge < -0.3 is 10.1 Å². The molecule has 0 saturated heterocycles. The molecule has 3 rings (SSSR count). The molecule has 0 aromatic heterocycles. The van der Waals surface area contributed by atoms with E-state index in [4.69, 9.17) is 16.3 Å². The molecule has 0 saturated carbocycles. The van der Waals surface area contributed by atoms with E-state index in [1.54, 1.807) is 43.3 Å².